The number of hydrogen-bond acceptors (Lipinski definition) is 4. The lowest BCUT2D eigenvalue weighted by molar-refractivity contribution is -0.227. The van der Waals surface area contributed by atoms with E-state index in [1.165, 1.54) is 0 Å². The predicted octanol–water partition coefficient (Wildman–Crippen LogP) is 1.40. The van der Waals surface area contributed by atoms with E-state index in [1.54, 1.807) is 0 Å². The molecule has 0 heterocycles. The number of alkyl halides is 6. The Hall–Kier alpha value is -1.09. The van der Waals surface area contributed by atoms with Gasteiger partial charge in [0.25, 0.3) is 0 Å². The van der Waals surface area contributed by atoms with Gasteiger partial charge in [-0.2, -0.15) is 26.0 Å². The van der Waals surface area contributed by atoms with E-state index in [4.69, 9.17) is 15.3 Å². The van der Waals surface area contributed by atoms with Crippen LogP contribution >= 0.6 is 0 Å². The summed E-state index contributed by atoms with van der Waals surface area (Å²) in [6.07, 6.45) is -4.90. The van der Waals surface area contributed by atoms with Gasteiger partial charge in [-0.1, -0.05) is 0 Å². The smallest absolute Gasteiger partial charge is 0.281 e. The SMILES string of the molecule is N#N.O=S(=O)(O)C(F)(F)C(F)(F)C(F)F. The van der Waals surface area contributed by atoms with Crippen molar-refractivity contribution in [1.82, 2.24) is 0 Å². The van der Waals surface area contributed by atoms with Gasteiger partial charge >= 0.3 is 27.7 Å². The Morgan fingerprint density at radius 1 is 1.07 bits per heavy atom. The Bertz CT molecular complexity index is 324. The van der Waals surface area contributed by atoms with Gasteiger partial charge in [-0.3, -0.25) is 4.55 Å². The molecule has 0 unspecified atom stereocenters. The van der Waals surface area contributed by atoms with E-state index >= 15 is 0 Å². The molecule has 0 aliphatic rings. The van der Waals surface area contributed by atoms with Gasteiger partial charge in [0.05, 0.1) is 0 Å². The summed E-state index contributed by atoms with van der Waals surface area (Å²) in [6, 6.07) is 0. The number of rotatable bonds is 3. The van der Waals surface area contributed by atoms with E-state index in [1.807, 2.05) is 0 Å². The maximum absolute atomic E-state index is 11.9. The quantitative estimate of drug-likeness (QED) is 0.469. The molecule has 1 N–H and O–H groups in total. The Balaban J connectivity index is 0. The van der Waals surface area contributed by atoms with Crippen molar-refractivity contribution in [2.24, 2.45) is 0 Å². The van der Waals surface area contributed by atoms with Crippen molar-refractivity contribution in [2.75, 3.05) is 0 Å². The van der Waals surface area contributed by atoms with Crippen LogP contribution in [0.25, 0.3) is 0 Å². The van der Waals surface area contributed by atoms with Crippen LogP contribution in [0.3, 0.4) is 0 Å². The summed E-state index contributed by atoms with van der Waals surface area (Å²) in [5.74, 6) is -6.12. The highest BCUT2D eigenvalue weighted by molar-refractivity contribution is 7.87. The molecule has 0 aliphatic heterocycles. The molecule has 0 rings (SSSR count). The summed E-state index contributed by atoms with van der Waals surface area (Å²) < 4.78 is 96.5. The molecule has 0 atom stereocenters. The molecule has 0 aromatic rings. The van der Waals surface area contributed by atoms with Crippen molar-refractivity contribution in [1.29, 1.82) is 10.8 Å². The highest BCUT2D eigenvalue weighted by Gasteiger charge is 2.70. The van der Waals surface area contributed by atoms with E-state index in [0.29, 0.717) is 0 Å². The Kier molecular flexibility index (Phi) is 5.03. The highest BCUT2D eigenvalue weighted by atomic mass is 32.2. The molecule has 0 aromatic heterocycles. The first-order valence-corrected chi connectivity index (χ1v) is 4.09. The number of halogens is 6. The minimum atomic E-state index is -6.57. The zero-order valence-corrected chi connectivity index (χ0v) is 7.23. The van der Waals surface area contributed by atoms with Crippen LogP contribution in [0, 0.1) is 10.8 Å². The molecule has 0 aliphatic carbocycles. The zero-order valence-electron chi connectivity index (χ0n) is 6.41. The van der Waals surface area contributed by atoms with E-state index in [0.717, 1.165) is 0 Å². The first-order chi connectivity index (χ1) is 6.44. The van der Waals surface area contributed by atoms with Gasteiger partial charge in [0.15, 0.2) is 0 Å². The molecule has 0 amide bonds. The van der Waals surface area contributed by atoms with Gasteiger partial charge in [0.2, 0.25) is 0 Å². The Morgan fingerprint density at radius 3 is 1.40 bits per heavy atom. The van der Waals surface area contributed by atoms with Crippen LogP contribution in [0.15, 0.2) is 0 Å². The van der Waals surface area contributed by atoms with E-state index in [2.05, 4.69) is 0 Å². The van der Waals surface area contributed by atoms with Gasteiger partial charge in [0, 0.05) is 10.8 Å². The first kappa shape index (κ1) is 16.3. The molecular formula is C3H2F6N2O3S. The third-order valence-electron chi connectivity index (χ3n) is 0.986. The van der Waals surface area contributed by atoms with Crippen LogP contribution in [0.4, 0.5) is 26.3 Å². The molecule has 90 valence electrons. The van der Waals surface area contributed by atoms with Crippen LogP contribution in [-0.2, 0) is 10.1 Å². The minimum absolute atomic E-state index is 4.90. The normalized spacial score (nSPS) is 13.2. The largest absolute Gasteiger partial charge is 0.437 e. The molecule has 0 aromatic carbocycles. The van der Waals surface area contributed by atoms with Gasteiger partial charge in [0.1, 0.15) is 0 Å². The molecule has 15 heavy (non-hydrogen) atoms. The number of nitrogens with zero attached hydrogens (tertiary/aromatic N) is 2. The fourth-order valence-electron chi connectivity index (χ4n) is 0.299. The van der Waals surface area contributed by atoms with Gasteiger partial charge < -0.3 is 0 Å². The van der Waals surface area contributed by atoms with E-state index in [-0.39, 0.29) is 0 Å². The summed E-state index contributed by atoms with van der Waals surface area (Å²) in [5.41, 5.74) is 0. The maximum Gasteiger partial charge on any atom is 0.437 e. The Morgan fingerprint density at radius 2 is 1.33 bits per heavy atom. The second-order valence-corrected chi connectivity index (χ2v) is 3.38. The van der Waals surface area contributed by atoms with Crippen LogP contribution in [-0.4, -0.2) is 30.6 Å². The minimum Gasteiger partial charge on any atom is -0.281 e. The monoisotopic (exact) mass is 260 g/mol. The third kappa shape index (κ3) is 2.93. The molecule has 0 radical (unpaired) electrons. The number of hydrogen-bond donors (Lipinski definition) is 1. The van der Waals surface area contributed by atoms with Crippen molar-refractivity contribution in [3.05, 3.63) is 0 Å². The second-order valence-electron chi connectivity index (χ2n) is 1.92. The zero-order chi connectivity index (χ0) is 13.1. The van der Waals surface area contributed by atoms with Gasteiger partial charge in [-0.25, -0.2) is 8.78 Å². The lowest BCUT2D eigenvalue weighted by Gasteiger charge is -2.22. The third-order valence-corrected chi connectivity index (χ3v) is 1.91. The van der Waals surface area contributed by atoms with E-state index < -0.39 is 27.7 Å². The van der Waals surface area contributed by atoms with Crippen molar-refractivity contribution < 1.29 is 39.3 Å². The fourth-order valence-corrected chi connectivity index (χ4v) is 0.732. The van der Waals surface area contributed by atoms with Gasteiger partial charge in [-0.15, -0.1) is 0 Å². The molecular weight excluding hydrogens is 258 g/mol. The molecule has 0 saturated heterocycles. The first-order valence-electron chi connectivity index (χ1n) is 2.65. The molecule has 0 bridgehead atoms. The standard InChI is InChI=1S/C3H2F6O3S.N2/c4-1(5)2(6,7)3(8,9)13(10,11)12;1-2/h1H,(H,10,11,12);. The average molecular weight is 260 g/mol. The van der Waals surface area contributed by atoms with Crippen LogP contribution in [0.2, 0.25) is 0 Å². The molecule has 5 nitrogen and oxygen atoms in total. The molecule has 0 fully saturated rings. The van der Waals surface area contributed by atoms with E-state index in [9.17, 15) is 34.8 Å². The van der Waals surface area contributed by atoms with Crippen molar-refractivity contribution in [2.45, 2.75) is 17.6 Å². The van der Waals surface area contributed by atoms with Crippen molar-refractivity contribution >= 4 is 10.1 Å². The fraction of sp³-hybridized carbons (Fsp3) is 1.00. The van der Waals surface area contributed by atoms with Crippen molar-refractivity contribution in [3.8, 4) is 0 Å². The summed E-state index contributed by atoms with van der Waals surface area (Å²) >= 11 is 0. The van der Waals surface area contributed by atoms with Crippen LogP contribution in [0.1, 0.15) is 0 Å². The summed E-state index contributed by atoms with van der Waals surface area (Å²) in [6.45, 7) is 0. The average Bonchev–Trinajstić information content (AvgIpc) is 2.05. The summed E-state index contributed by atoms with van der Waals surface area (Å²) in [7, 11) is -6.57. The Labute approximate surface area is 78.8 Å². The molecule has 0 saturated carbocycles. The molecule has 0 spiro atoms. The van der Waals surface area contributed by atoms with Gasteiger partial charge in [-0.05, 0) is 0 Å². The lowest BCUT2D eigenvalue weighted by atomic mass is 10.4. The topological polar surface area (TPSA) is 102 Å². The second kappa shape index (κ2) is 4.62. The maximum atomic E-state index is 11.9. The summed E-state index contributed by atoms with van der Waals surface area (Å²) in [4.78, 5) is 0. The summed E-state index contributed by atoms with van der Waals surface area (Å²) in [5, 5.41) is 5.80. The van der Waals surface area contributed by atoms with Crippen molar-refractivity contribution in [3.63, 3.8) is 0 Å². The molecule has 12 heteroatoms. The van der Waals surface area contributed by atoms with Crippen LogP contribution < -0.4 is 0 Å². The predicted molar refractivity (Wildman–Crippen MR) is 30.9 cm³/mol. The van der Waals surface area contributed by atoms with Crippen LogP contribution in [0.5, 0.6) is 0 Å². The highest BCUT2D eigenvalue weighted by Crippen LogP contribution is 2.42. The lowest BCUT2D eigenvalue weighted by Crippen LogP contribution is -2.51.